The van der Waals surface area contributed by atoms with Crippen molar-refractivity contribution < 1.29 is 9.13 Å². The third kappa shape index (κ3) is 2.38. The lowest BCUT2D eigenvalue weighted by molar-refractivity contribution is 0.321. The molecule has 0 aliphatic heterocycles. The molecule has 0 aliphatic rings. The Morgan fingerprint density at radius 1 is 1.41 bits per heavy atom. The molecule has 2 aromatic rings. The SMILES string of the molecule is CCOc1ccc(-c2cc(NC)n[nH]2)cc1F. The number of hydrogen-bond donors (Lipinski definition) is 2. The first-order valence-corrected chi connectivity index (χ1v) is 5.40. The van der Waals surface area contributed by atoms with Gasteiger partial charge in [0, 0.05) is 18.7 Å². The first-order chi connectivity index (χ1) is 8.24. The molecule has 0 atom stereocenters. The van der Waals surface area contributed by atoms with Gasteiger partial charge in [0.25, 0.3) is 0 Å². The summed E-state index contributed by atoms with van der Waals surface area (Å²) in [5.74, 6) is 0.615. The topological polar surface area (TPSA) is 49.9 Å². The molecule has 0 spiro atoms. The lowest BCUT2D eigenvalue weighted by Gasteiger charge is -2.05. The van der Waals surface area contributed by atoms with E-state index >= 15 is 0 Å². The van der Waals surface area contributed by atoms with E-state index in [1.807, 2.05) is 13.0 Å². The fourth-order valence-corrected chi connectivity index (χ4v) is 1.54. The summed E-state index contributed by atoms with van der Waals surface area (Å²) in [5.41, 5.74) is 1.50. The van der Waals surface area contributed by atoms with Crippen LogP contribution in [0.5, 0.6) is 5.75 Å². The lowest BCUT2D eigenvalue weighted by atomic mass is 10.1. The molecule has 4 nitrogen and oxygen atoms in total. The quantitative estimate of drug-likeness (QED) is 0.856. The van der Waals surface area contributed by atoms with E-state index < -0.39 is 0 Å². The molecule has 0 saturated carbocycles. The summed E-state index contributed by atoms with van der Waals surface area (Å²) in [6.07, 6.45) is 0. The highest BCUT2D eigenvalue weighted by molar-refractivity contribution is 5.63. The van der Waals surface area contributed by atoms with Crippen molar-refractivity contribution in [3.63, 3.8) is 0 Å². The van der Waals surface area contributed by atoms with E-state index in [9.17, 15) is 4.39 Å². The maximum Gasteiger partial charge on any atom is 0.165 e. The van der Waals surface area contributed by atoms with Crippen molar-refractivity contribution >= 4 is 5.82 Å². The van der Waals surface area contributed by atoms with Crippen LogP contribution in [0, 0.1) is 5.82 Å². The number of benzene rings is 1. The number of rotatable bonds is 4. The number of nitrogens with one attached hydrogen (secondary N) is 2. The number of H-pyrrole nitrogens is 1. The minimum atomic E-state index is -0.370. The fourth-order valence-electron chi connectivity index (χ4n) is 1.54. The molecule has 90 valence electrons. The highest BCUT2D eigenvalue weighted by Gasteiger charge is 2.07. The standard InChI is InChI=1S/C12H14FN3O/c1-3-17-11-5-4-8(6-9(11)13)10-7-12(14-2)16-15-10/h4-7H,3H2,1-2H3,(H2,14,15,16). The van der Waals surface area contributed by atoms with Gasteiger partial charge in [-0.3, -0.25) is 5.10 Å². The van der Waals surface area contributed by atoms with Gasteiger partial charge in [0.1, 0.15) is 5.82 Å². The van der Waals surface area contributed by atoms with Crippen LogP contribution in [0.2, 0.25) is 0 Å². The van der Waals surface area contributed by atoms with Gasteiger partial charge < -0.3 is 10.1 Å². The summed E-state index contributed by atoms with van der Waals surface area (Å²) in [6, 6.07) is 6.65. The Bertz CT molecular complexity index is 510. The molecule has 0 bridgehead atoms. The number of anilines is 1. The Kier molecular flexibility index (Phi) is 3.27. The Labute approximate surface area is 98.8 Å². The van der Waals surface area contributed by atoms with E-state index in [4.69, 9.17) is 4.74 Å². The molecule has 1 aromatic heterocycles. The van der Waals surface area contributed by atoms with Crippen molar-refractivity contribution in [2.45, 2.75) is 6.92 Å². The van der Waals surface area contributed by atoms with Crippen LogP contribution >= 0.6 is 0 Å². The molecule has 0 unspecified atom stereocenters. The number of aromatic nitrogens is 2. The smallest absolute Gasteiger partial charge is 0.165 e. The number of ether oxygens (including phenoxy) is 1. The monoisotopic (exact) mass is 235 g/mol. The molecule has 1 aromatic carbocycles. The van der Waals surface area contributed by atoms with E-state index in [1.54, 1.807) is 19.2 Å². The van der Waals surface area contributed by atoms with Crippen molar-refractivity contribution in [1.82, 2.24) is 10.2 Å². The van der Waals surface area contributed by atoms with E-state index in [0.29, 0.717) is 12.4 Å². The van der Waals surface area contributed by atoms with Crippen LogP contribution in [0.4, 0.5) is 10.2 Å². The van der Waals surface area contributed by atoms with Gasteiger partial charge in [-0.15, -0.1) is 0 Å². The third-order valence-electron chi connectivity index (χ3n) is 2.38. The Morgan fingerprint density at radius 3 is 2.82 bits per heavy atom. The zero-order valence-corrected chi connectivity index (χ0v) is 9.75. The average Bonchev–Trinajstić information content (AvgIpc) is 2.80. The summed E-state index contributed by atoms with van der Waals surface area (Å²) < 4.78 is 18.8. The van der Waals surface area contributed by atoms with Gasteiger partial charge in [-0.1, -0.05) is 0 Å². The molecule has 0 amide bonds. The van der Waals surface area contributed by atoms with E-state index in [0.717, 1.165) is 11.3 Å². The van der Waals surface area contributed by atoms with Crippen molar-refractivity contribution in [2.75, 3.05) is 19.0 Å². The van der Waals surface area contributed by atoms with Crippen molar-refractivity contribution in [1.29, 1.82) is 0 Å². The molecule has 17 heavy (non-hydrogen) atoms. The summed E-state index contributed by atoms with van der Waals surface area (Å²) in [6.45, 7) is 2.27. The van der Waals surface area contributed by atoms with E-state index in [-0.39, 0.29) is 11.6 Å². The fraction of sp³-hybridized carbons (Fsp3) is 0.250. The number of hydrogen-bond acceptors (Lipinski definition) is 3. The van der Waals surface area contributed by atoms with Gasteiger partial charge in [0.05, 0.1) is 12.3 Å². The molecular weight excluding hydrogens is 221 g/mol. The van der Waals surface area contributed by atoms with Crippen LogP contribution in [-0.4, -0.2) is 23.9 Å². The Hall–Kier alpha value is -2.04. The van der Waals surface area contributed by atoms with Gasteiger partial charge in [-0.2, -0.15) is 5.10 Å². The molecule has 5 heteroatoms. The van der Waals surface area contributed by atoms with Gasteiger partial charge in [-0.25, -0.2) is 4.39 Å². The van der Waals surface area contributed by atoms with Crippen LogP contribution in [0.25, 0.3) is 11.3 Å². The van der Waals surface area contributed by atoms with Crippen LogP contribution in [0.15, 0.2) is 24.3 Å². The normalized spacial score (nSPS) is 10.3. The second-order valence-electron chi connectivity index (χ2n) is 3.50. The van der Waals surface area contributed by atoms with Gasteiger partial charge in [-0.05, 0) is 25.1 Å². The Morgan fingerprint density at radius 2 is 2.24 bits per heavy atom. The minimum absolute atomic E-state index is 0.268. The molecule has 0 radical (unpaired) electrons. The van der Waals surface area contributed by atoms with Crippen LogP contribution in [-0.2, 0) is 0 Å². The molecular formula is C12H14FN3O. The summed E-state index contributed by atoms with van der Waals surface area (Å²) in [4.78, 5) is 0. The van der Waals surface area contributed by atoms with Crippen LogP contribution in [0.3, 0.4) is 0 Å². The van der Waals surface area contributed by atoms with E-state index in [2.05, 4.69) is 15.5 Å². The number of aromatic amines is 1. The molecule has 0 saturated heterocycles. The van der Waals surface area contributed by atoms with Gasteiger partial charge >= 0.3 is 0 Å². The summed E-state index contributed by atoms with van der Waals surface area (Å²) in [7, 11) is 1.78. The third-order valence-corrected chi connectivity index (χ3v) is 2.38. The molecule has 1 heterocycles. The molecule has 0 aliphatic carbocycles. The second kappa shape index (κ2) is 4.86. The molecule has 2 rings (SSSR count). The largest absolute Gasteiger partial charge is 0.491 e. The van der Waals surface area contributed by atoms with Crippen LogP contribution < -0.4 is 10.1 Å². The summed E-state index contributed by atoms with van der Waals surface area (Å²) >= 11 is 0. The second-order valence-corrected chi connectivity index (χ2v) is 3.50. The maximum absolute atomic E-state index is 13.6. The maximum atomic E-state index is 13.6. The minimum Gasteiger partial charge on any atom is -0.491 e. The Balaban J connectivity index is 2.30. The first kappa shape index (κ1) is 11.4. The highest BCUT2D eigenvalue weighted by atomic mass is 19.1. The lowest BCUT2D eigenvalue weighted by Crippen LogP contribution is -1.94. The van der Waals surface area contributed by atoms with Crippen molar-refractivity contribution in [2.24, 2.45) is 0 Å². The predicted octanol–water partition coefficient (Wildman–Crippen LogP) is 2.66. The first-order valence-electron chi connectivity index (χ1n) is 5.40. The number of nitrogens with zero attached hydrogens (tertiary/aromatic N) is 1. The summed E-state index contributed by atoms with van der Waals surface area (Å²) in [5, 5.41) is 9.74. The molecule has 2 N–H and O–H groups in total. The zero-order chi connectivity index (χ0) is 12.3. The van der Waals surface area contributed by atoms with Crippen molar-refractivity contribution in [3.05, 3.63) is 30.1 Å². The number of halogens is 1. The van der Waals surface area contributed by atoms with E-state index in [1.165, 1.54) is 6.07 Å². The highest BCUT2D eigenvalue weighted by Crippen LogP contribution is 2.25. The van der Waals surface area contributed by atoms with Crippen LogP contribution in [0.1, 0.15) is 6.92 Å². The average molecular weight is 235 g/mol. The van der Waals surface area contributed by atoms with Gasteiger partial charge in [0.15, 0.2) is 11.6 Å². The zero-order valence-electron chi connectivity index (χ0n) is 9.75. The van der Waals surface area contributed by atoms with Crippen molar-refractivity contribution in [3.8, 4) is 17.0 Å². The van der Waals surface area contributed by atoms with Gasteiger partial charge in [0.2, 0.25) is 0 Å². The molecule has 0 fully saturated rings. The predicted molar refractivity (Wildman–Crippen MR) is 64.7 cm³/mol.